The Kier molecular flexibility index (Phi) is 6.66. The molecule has 0 amide bonds. The number of thiophene rings is 1. The van der Waals surface area contributed by atoms with Crippen LogP contribution in [0.15, 0.2) is 35.7 Å². The van der Waals surface area contributed by atoms with Crippen LogP contribution in [0.4, 0.5) is 13.2 Å². The van der Waals surface area contributed by atoms with E-state index < -0.39 is 12.1 Å². The summed E-state index contributed by atoms with van der Waals surface area (Å²) < 4.78 is 34.7. The van der Waals surface area contributed by atoms with E-state index in [0.29, 0.717) is 0 Å². The van der Waals surface area contributed by atoms with Gasteiger partial charge in [-0.05, 0) is 36.9 Å². The fraction of sp³-hybridized carbons (Fsp3) is 0.214. The van der Waals surface area contributed by atoms with Gasteiger partial charge in [-0.1, -0.05) is 23.5 Å². The number of carboxylic acids is 1. The molecule has 1 aromatic heterocycles. The van der Waals surface area contributed by atoms with Crippen LogP contribution in [0, 0.1) is 20.3 Å². The molecule has 0 aliphatic rings. The summed E-state index contributed by atoms with van der Waals surface area (Å²) in [6, 6.07) is 11.2. The summed E-state index contributed by atoms with van der Waals surface area (Å²) in [7, 11) is 0. The number of alkyl halides is 3. The molecular weight excluding hydrogens is 416 g/mol. The Hall–Kier alpha value is -1.09. The van der Waals surface area contributed by atoms with Gasteiger partial charge in [0.2, 0.25) is 2.88 Å². The van der Waals surface area contributed by atoms with Gasteiger partial charge in [-0.15, -0.1) is 0 Å². The molecule has 0 saturated carbocycles. The first-order chi connectivity index (χ1) is 9.70. The summed E-state index contributed by atoms with van der Waals surface area (Å²) >= 11 is 1.93. The van der Waals surface area contributed by atoms with Gasteiger partial charge in [-0.25, -0.2) is 0 Å². The fourth-order valence-corrected chi connectivity index (χ4v) is 5.29. The first kappa shape index (κ1) is 18.0. The molecule has 1 heterocycles. The topological polar surface area (TPSA) is 40.1 Å². The largest absolute Gasteiger partial charge is 0.542 e. The molecule has 114 valence electrons. The second-order valence-electron chi connectivity index (χ2n) is 4.05. The summed E-state index contributed by atoms with van der Waals surface area (Å²) in [5.74, 6) is -3.01. The van der Waals surface area contributed by atoms with Gasteiger partial charge in [-0.2, -0.15) is 13.2 Å². The number of hydrogen-bond donors (Lipinski definition) is 0. The minimum atomic E-state index is -5.19. The summed E-state index contributed by atoms with van der Waals surface area (Å²) in [4.78, 5) is 8.78. The van der Waals surface area contributed by atoms with Gasteiger partial charge in [0.1, 0.15) is 5.97 Å². The molecule has 0 radical (unpaired) electrons. The third kappa shape index (κ3) is 6.47. The molecule has 0 N–H and O–H groups in total. The molecule has 0 unspecified atom stereocenters. The van der Waals surface area contributed by atoms with Gasteiger partial charge in [0.25, 0.3) is 0 Å². The SMILES string of the molecule is Cc1ccc(C)c([I+]c2cccs2)c1.O=C([O-])C(F)(F)F. The third-order valence-electron chi connectivity index (χ3n) is 2.24. The second-order valence-corrected chi connectivity index (χ2v) is 8.59. The Morgan fingerprint density at radius 3 is 2.33 bits per heavy atom. The molecule has 0 saturated heterocycles. The first-order valence-electron chi connectivity index (χ1n) is 5.74. The smallest absolute Gasteiger partial charge is 0.430 e. The Labute approximate surface area is 134 Å². The molecule has 21 heavy (non-hydrogen) atoms. The zero-order valence-electron chi connectivity index (χ0n) is 11.2. The van der Waals surface area contributed by atoms with Crippen LogP contribution in [0.5, 0.6) is 0 Å². The molecule has 0 aliphatic heterocycles. The molecule has 0 fully saturated rings. The Morgan fingerprint density at radius 1 is 1.24 bits per heavy atom. The van der Waals surface area contributed by atoms with E-state index in [2.05, 4.69) is 49.6 Å². The number of carboxylic acid groups (broad SMARTS) is 1. The third-order valence-corrected chi connectivity index (χ3v) is 6.81. The molecular formula is C14H12F3IO2S. The Bertz CT molecular complexity index is 595. The number of carbonyl (C=O) groups excluding carboxylic acids is 1. The predicted molar refractivity (Wildman–Crippen MR) is 68.7 cm³/mol. The number of benzene rings is 1. The van der Waals surface area contributed by atoms with Crippen LogP contribution >= 0.6 is 11.3 Å². The van der Waals surface area contributed by atoms with E-state index in [9.17, 15) is 13.2 Å². The Balaban J connectivity index is 0.000000270. The van der Waals surface area contributed by atoms with E-state index in [4.69, 9.17) is 9.90 Å². The lowest BCUT2D eigenvalue weighted by atomic mass is 10.2. The Morgan fingerprint density at radius 2 is 1.86 bits per heavy atom. The lowest BCUT2D eigenvalue weighted by molar-refractivity contribution is -0.592. The van der Waals surface area contributed by atoms with Crippen molar-refractivity contribution in [3.05, 3.63) is 53.3 Å². The van der Waals surface area contributed by atoms with Crippen molar-refractivity contribution in [1.29, 1.82) is 0 Å². The van der Waals surface area contributed by atoms with Gasteiger partial charge in [-0.3, -0.25) is 0 Å². The molecule has 0 spiro atoms. The number of rotatable bonds is 2. The van der Waals surface area contributed by atoms with Gasteiger partial charge >= 0.3 is 27.4 Å². The van der Waals surface area contributed by atoms with Crippen molar-refractivity contribution < 1.29 is 44.3 Å². The normalized spacial score (nSPS) is 10.7. The maximum atomic E-state index is 10.5. The molecule has 0 aliphatic carbocycles. The van der Waals surface area contributed by atoms with Gasteiger partial charge < -0.3 is 9.90 Å². The minimum absolute atomic E-state index is 0.0463. The highest BCUT2D eigenvalue weighted by Gasteiger charge is 2.28. The van der Waals surface area contributed by atoms with E-state index in [1.165, 1.54) is 11.1 Å². The van der Waals surface area contributed by atoms with E-state index in [0.717, 1.165) is 0 Å². The fourth-order valence-electron chi connectivity index (χ4n) is 1.21. The maximum absolute atomic E-state index is 10.5. The molecule has 7 heteroatoms. The molecule has 1 aromatic carbocycles. The highest BCUT2D eigenvalue weighted by atomic mass is 127. The van der Waals surface area contributed by atoms with E-state index in [1.54, 1.807) is 6.45 Å². The van der Waals surface area contributed by atoms with Crippen molar-refractivity contribution in [3.8, 4) is 0 Å². The number of halogens is 4. The van der Waals surface area contributed by atoms with Crippen LogP contribution in [-0.4, -0.2) is 12.1 Å². The van der Waals surface area contributed by atoms with Crippen LogP contribution in [0.2, 0.25) is 0 Å². The summed E-state index contributed by atoms with van der Waals surface area (Å²) in [6.45, 7) is 4.38. The standard InChI is InChI=1S/C12H12IS.C2HF3O2/c1-9-5-6-10(2)11(8-9)13-12-4-3-7-14-12;3-2(4,5)1(6)7/h3-8H,1-2H3;(H,6,7)/q+1;/p-1. The zero-order valence-corrected chi connectivity index (χ0v) is 14.2. The monoisotopic (exact) mass is 428 g/mol. The van der Waals surface area contributed by atoms with Crippen LogP contribution in [-0.2, 0) is 4.79 Å². The van der Waals surface area contributed by atoms with Crippen LogP contribution < -0.4 is 26.3 Å². The molecule has 2 aromatic rings. The molecule has 0 atom stereocenters. The zero-order chi connectivity index (χ0) is 16.0. The average Bonchev–Trinajstić information content (AvgIpc) is 2.86. The quantitative estimate of drug-likeness (QED) is 0.622. The van der Waals surface area contributed by atoms with Crippen molar-refractivity contribution in [3.63, 3.8) is 0 Å². The lowest BCUT2D eigenvalue weighted by Crippen LogP contribution is -3.61. The number of hydrogen-bond acceptors (Lipinski definition) is 3. The van der Waals surface area contributed by atoms with Crippen LogP contribution in [0.1, 0.15) is 11.1 Å². The van der Waals surface area contributed by atoms with Gasteiger partial charge in [0.05, 0.1) is 0 Å². The first-order valence-corrected chi connectivity index (χ1v) is 8.77. The summed E-state index contributed by atoms with van der Waals surface area (Å²) in [5, 5.41) is 11.0. The molecule has 2 rings (SSSR count). The van der Waals surface area contributed by atoms with Gasteiger partial charge in [0.15, 0.2) is 3.57 Å². The summed E-state index contributed by atoms with van der Waals surface area (Å²) in [6.07, 6.45) is -5.19. The predicted octanol–water partition coefficient (Wildman–Crippen LogP) is -0.208. The molecule has 2 nitrogen and oxygen atoms in total. The van der Waals surface area contributed by atoms with Crippen molar-refractivity contribution in [2.75, 3.05) is 0 Å². The van der Waals surface area contributed by atoms with Crippen LogP contribution in [0.25, 0.3) is 0 Å². The van der Waals surface area contributed by atoms with E-state index in [-0.39, 0.29) is 21.2 Å². The van der Waals surface area contributed by atoms with Crippen molar-refractivity contribution in [1.82, 2.24) is 0 Å². The number of aliphatic carboxylic acids is 1. The minimum Gasteiger partial charge on any atom is -0.542 e. The number of aryl methyl sites for hydroxylation is 2. The van der Waals surface area contributed by atoms with E-state index >= 15 is 0 Å². The summed E-state index contributed by atoms with van der Waals surface area (Å²) in [5.41, 5.74) is 2.82. The molecule has 0 bridgehead atoms. The highest BCUT2D eigenvalue weighted by molar-refractivity contribution is 7.07. The van der Waals surface area contributed by atoms with Crippen molar-refractivity contribution in [2.24, 2.45) is 0 Å². The maximum Gasteiger partial charge on any atom is 0.430 e. The van der Waals surface area contributed by atoms with Crippen molar-refractivity contribution in [2.45, 2.75) is 20.0 Å². The lowest BCUT2D eigenvalue weighted by Gasteiger charge is -2.03. The highest BCUT2D eigenvalue weighted by Crippen LogP contribution is 2.11. The number of carbonyl (C=O) groups is 1. The second kappa shape index (κ2) is 7.79. The van der Waals surface area contributed by atoms with Gasteiger partial charge in [0, 0.05) is 11.6 Å². The van der Waals surface area contributed by atoms with Crippen LogP contribution in [0.3, 0.4) is 0 Å². The van der Waals surface area contributed by atoms with E-state index in [1.807, 2.05) is 11.3 Å². The average molecular weight is 428 g/mol. The van der Waals surface area contributed by atoms with Crippen molar-refractivity contribution >= 4 is 17.3 Å².